The van der Waals surface area contributed by atoms with Crippen LogP contribution in [-0.4, -0.2) is 12.6 Å². The Labute approximate surface area is 87.1 Å². The molecule has 0 amide bonds. The summed E-state index contributed by atoms with van der Waals surface area (Å²) >= 11 is 5.76. The van der Waals surface area contributed by atoms with E-state index in [0.29, 0.717) is 17.2 Å². The van der Waals surface area contributed by atoms with E-state index in [2.05, 4.69) is 0 Å². The molecule has 0 N–H and O–H groups in total. The zero-order valence-corrected chi connectivity index (χ0v) is 8.47. The molecule has 0 atom stereocenters. The number of hydrogen-bond acceptors (Lipinski definition) is 2. The molecule has 1 heterocycles. The highest BCUT2D eigenvalue weighted by atomic mass is 35.5. The zero-order valence-electron chi connectivity index (χ0n) is 7.71. The van der Waals surface area contributed by atoms with E-state index < -0.39 is 0 Å². The van der Waals surface area contributed by atoms with Crippen LogP contribution >= 0.6 is 11.6 Å². The molecule has 0 fully saturated rings. The molecule has 72 valence electrons. The summed E-state index contributed by atoms with van der Waals surface area (Å²) < 4.78 is 4.92. The normalized spacial score (nSPS) is 16.0. The molecule has 0 spiro atoms. The van der Waals surface area contributed by atoms with Crippen molar-refractivity contribution >= 4 is 23.1 Å². The second kappa shape index (κ2) is 3.46. The van der Waals surface area contributed by atoms with Gasteiger partial charge in [-0.3, -0.25) is 0 Å². The summed E-state index contributed by atoms with van der Waals surface area (Å²) in [6.45, 7) is 2.30. The van der Waals surface area contributed by atoms with Gasteiger partial charge in [-0.1, -0.05) is 23.7 Å². The first kappa shape index (κ1) is 9.28. The summed E-state index contributed by atoms with van der Waals surface area (Å²) in [4.78, 5) is 11.4. The number of benzene rings is 1. The first-order valence-corrected chi connectivity index (χ1v) is 4.69. The number of cyclic esters (lactones) is 1. The van der Waals surface area contributed by atoms with Gasteiger partial charge in [0.05, 0.1) is 5.57 Å². The average molecular weight is 209 g/mol. The second-order valence-corrected chi connectivity index (χ2v) is 3.67. The Bertz CT molecular complexity index is 404. The number of carbonyl (C=O) groups is 1. The fourth-order valence-corrected chi connectivity index (χ4v) is 1.60. The fourth-order valence-electron chi connectivity index (χ4n) is 1.47. The summed E-state index contributed by atoms with van der Waals surface area (Å²) in [6.07, 6.45) is 0. The van der Waals surface area contributed by atoms with E-state index in [1.807, 2.05) is 19.1 Å². The van der Waals surface area contributed by atoms with Gasteiger partial charge in [0.2, 0.25) is 0 Å². The maximum Gasteiger partial charge on any atom is 0.339 e. The number of rotatable bonds is 1. The maximum atomic E-state index is 11.4. The topological polar surface area (TPSA) is 26.3 Å². The SMILES string of the molecule is CC1=C(c2ccc(Cl)cc2)C(=O)OC1. The minimum Gasteiger partial charge on any atom is -0.458 e. The summed E-state index contributed by atoms with van der Waals surface area (Å²) in [5.41, 5.74) is 2.51. The van der Waals surface area contributed by atoms with E-state index in [4.69, 9.17) is 16.3 Å². The Morgan fingerprint density at radius 2 is 1.93 bits per heavy atom. The van der Waals surface area contributed by atoms with Crippen LogP contribution in [0.1, 0.15) is 12.5 Å². The minimum absolute atomic E-state index is 0.246. The van der Waals surface area contributed by atoms with Gasteiger partial charge in [-0.2, -0.15) is 0 Å². The third-order valence-corrected chi connectivity index (χ3v) is 2.44. The number of halogens is 1. The Hall–Kier alpha value is -1.28. The molecule has 14 heavy (non-hydrogen) atoms. The smallest absolute Gasteiger partial charge is 0.339 e. The number of hydrogen-bond donors (Lipinski definition) is 0. The van der Waals surface area contributed by atoms with Crippen molar-refractivity contribution in [3.8, 4) is 0 Å². The van der Waals surface area contributed by atoms with Crippen molar-refractivity contribution in [2.24, 2.45) is 0 Å². The molecular formula is C11H9ClO2. The quantitative estimate of drug-likeness (QED) is 0.664. The lowest BCUT2D eigenvalue weighted by molar-refractivity contribution is -0.134. The second-order valence-electron chi connectivity index (χ2n) is 3.24. The van der Waals surface area contributed by atoms with E-state index in [1.165, 1.54) is 0 Å². The molecule has 0 unspecified atom stereocenters. The molecule has 0 bridgehead atoms. The molecule has 0 saturated heterocycles. The zero-order chi connectivity index (χ0) is 10.1. The van der Waals surface area contributed by atoms with Gasteiger partial charge in [0.25, 0.3) is 0 Å². The highest BCUT2D eigenvalue weighted by Crippen LogP contribution is 2.26. The lowest BCUT2D eigenvalue weighted by Gasteiger charge is -2.00. The molecule has 0 aromatic heterocycles. The van der Waals surface area contributed by atoms with E-state index >= 15 is 0 Å². The molecule has 0 aliphatic carbocycles. The van der Waals surface area contributed by atoms with E-state index in [9.17, 15) is 4.79 Å². The fraction of sp³-hybridized carbons (Fsp3) is 0.182. The van der Waals surface area contributed by atoms with Gasteiger partial charge >= 0.3 is 5.97 Å². The van der Waals surface area contributed by atoms with Crippen LogP contribution in [0.2, 0.25) is 5.02 Å². The van der Waals surface area contributed by atoms with Gasteiger partial charge in [-0.15, -0.1) is 0 Å². The lowest BCUT2D eigenvalue weighted by atomic mass is 10.0. The van der Waals surface area contributed by atoms with E-state index in [1.54, 1.807) is 12.1 Å². The van der Waals surface area contributed by atoms with Crippen LogP contribution in [0.5, 0.6) is 0 Å². The van der Waals surface area contributed by atoms with E-state index in [-0.39, 0.29) is 5.97 Å². The van der Waals surface area contributed by atoms with Crippen molar-refractivity contribution in [2.75, 3.05) is 6.61 Å². The average Bonchev–Trinajstić information content (AvgIpc) is 2.49. The van der Waals surface area contributed by atoms with Gasteiger partial charge < -0.3 is 4.74 Å². The summed E-state index contributed by atoms with van der Waals surface area (Å²) in [6, 6.07) is 7.19. The maximum absolute atomic E-state index is 11.4. The van der Waals surface area contributed by atoms with Crippen LogP contribution < -0.4 is 0 Å². The van der Waals surface area contributed by atoms with Crippen LogP contribution in [0.15, 0.2) is 29.8 Å². The van der Waals surface area contributed by atoms with Crippen LogP contribution in [0.25, 0.3) is 5.57 Å². The Morgan fingerprint density at radius 1 is 1.29 bits per heavy atom. The van der Waals surface area contributed by atoms with Gasteiger partial charge in [-0.05, 0) is 30.2 Å². The Kier molecular flexibility index (Phi) is 2.30. The molecule has 3 heteroatoms. The van der Waals surface area contributed by atoms with Crippen molar-refractivity contribution in [3.05, 3.63) is 40.4 Å². The molecule has 1 aromatic carbocycles. The van der Waals surface area contributed by atoms with Crippen LogP contribution in [-0.2, 0) is 9.53 Å². The monoisotopic (exact) mass is 208 g/mol. The van der Waals surface area contributed by atoms with Gasteiger partial charge in [-0.25, -0.2) is 4.79 Å². The minimum atomic E-state index is -0.246. The van der Waals surface area contributed by atoms with Crippen molar-refractivity contribution in [1.82, 2.24) is 0 Å². The molecule has 2 nitrogen and oxygen atoms in total. The van der Waals surface area contributed by atoms with Crippen LogP contribution in [0.4, 0.5) is 0 Å². The predicted octanol–water partition coefficient (Wildman–Crippen LogP) is 2.67. The Balaban J connectivity index is 2.44. The van der Waals surface area contributed by atoms with Crippen LogP contribution in [0, 0.1) is 0 Å². The summed E-state index contributed by atoms with van der Waals surface area (Å²) in [5.74, 6) is -0.246. The van der Waals surface area contributed by atoms with Crippen molar-refractivity contribution < 1.29 is 9.53 Å². The van der Waals surface area contributed by atoms with E-state index in [0.717, 1.165) is 11.1 Å². The first-order valence-electron chi connectivity index (χ1n) is 4.31. The molecular weight excluding hydrogens is 200 g/mol. The molecule has 0 saturated carbocycles. The summed E-state index contributed by atoms with van der Waals surface area (Å²) in [5, 5.41) is 0.665. The first-order chi connectivity index (χ1) is 6.68. The standard InChI is InChI=1S/C11H9ClO2/c1-7-6-14-11(13)10(7)8-2-4-9(12)5-3-8/h2-5H,6H2,1H3. The number of carbonyl (C=O) groups excluding carboxylic acids is 1. The molecule has 2 rings (SSSR count). The lowest BCUT2D eigenvalue weighted by Crippen LogP contribution is -1.98. The summed E-state index contributed by atoms with van der Waals surface area (Å²) in [7, 11) is 0. The molecule has 1 aromatic rings. The van der Waals surface area contributed by atoms with Crippen molar-refractivity contribution in [1.29, 1.82) is 0 Å². The highest BCUT2D eigenvalue weighted by Gasteiger charge is 2.22. The molecule has 1 aliphatic rings. The van der Waals surface area contributed by atoms with Gasteiger partial charge in [0.15, 0.2) is 0 Å². The van der Waals surface area contributed by atoms with Crippen molar-refractivity contribution in [2.45, 2.75) is 6.92 Å². The predicted molar refractivity (Wildman–Crippen MR) is 55.0 cm³/mol. The van der Waals surface area contributed by atoms with Crippen molar-refractivity contribution in [3.63, 3.8) is 0 Å². The molecule has 0 radical (unpaired) electrons. The third-order valence-electron chi connectivity index (χ3n) is 2.18. The van der Waals surface area contributed by atoms with Gasteiger partial charge in [0, 0.05) is 5.02 Å². The number of esters is 1. The molecule has 1 aliphatic heterocycles. The largest absolute Gasteiger partial charge is 0.458 e. The Morgan fingerprint density at radius 3 is 2.43 bits per heavy atom. The number of ether oxygens (including phenoxy) is 1. The van der Waals surface area contributed by atoms with Gasteiger partial charge in [0.1, 0.15) is 6.61 Å². The highest BCUT2D eigenvalue weighted by molar-refractivity contribution is 6.30. The third kappa shape index (κ3) is 1.53. The van der Waals surface area contributed by atoms with Crippen LogP contribution in [0.3, 0.4) is 0 Å².